The standard InChI is InChI=1S/C18H17N3O2S/c22-18(17-11-19-21-24-17)20-16(15-9-5-2-6-10-15)13-23-12-14-7-3-1-4-8-14/h1-11,16H,12-13H2,(H,20,22)/t16-/m0/s1. The summed E-state index contributed by atoms with van der Waals surface area (Å²) in [7, 11) is 0. The van der Waals surface area contributed by atoms with Crippen molar-refractivity contribution in [1.29, 1.82) is 0 Å². The molecule has 24 heavy (non-hydrogen) atoms. The molecule has 0 fully saturated rings. The molecular weight excluding hydrogens is 322 g/mol. The van der Waals surface area contributed by atoms with Crippen molar-refractivity contribution >= 4 is 17.4 Å². The molecule has 0 aliphatic heterocycles. The van der Waals surface area contributed by atoms with Crippen LogP contribution in [0.25, 0.3) is 0 Å². The van der Waals surface area contributed by atoms with Crippen LogP contribution in [-0.4, -0.2) is 22.1 Å². The minimum atomic E-state index is -0.232. The number of ether oxygens (including phenoxy) is 1. The maximum absolute atomic E-state index is 12.3. The van der Waals surface area contributed by atoms with Crippen molar-refractivity contribution in [2.24, 2.45) is 0 Å². The molecule has 122 valence electrons. The van der Waals surface area contributed by atoms with Gasteiger partial charge in [-0.15, -0.1) is 5.10 Å². The van der Waals surface area contributed by atoms with Crippen LogP contribution in [0.2, 0.25) is 0 Å². The summed E-state index contributed by atoms with van der Waals surface area (Å²) in [4.78, 5) is 12.8. The molecular formula is C18H17N3O2S. The average Bonchev–Trinajstić information content (AvgIpc) is 3.17. The summed E-state index contributed by atoms with van der Waals surface area (Å²) in [6.07, 6.45) is 1.47. The van der Waals surface area contributed by atoms with Crippen LogP contribution in [0.15, 0.2) is 66.9 Å². The molecule has 3 rings (SSSR count). The minimum absolute atomic E-state index is 0.192. The molecule has 0 aliphatic carbocycles. The molecule has 6 heteroatoms. The number of nitrogens with zero attached hydrogens (tertiary/aromatic N) is 2. The second-order valence-electron chi connectivity index (χ2n) is 5.22. The van der Waals surface area contributed by atoms with Crippen LogP contribution in [-0.2, 0) is 11.3 Å². The zero-order valence-electron chi connectivity index (χ0n) is 13.0. The van der Waals surface area contributed by atoms with Crippen LogP contribution in [0.1, 0.15) is 26.8 Å². The molecule has 0 saturated carbocycles. The predicted molar refractivity (Wildman–Crippen MR) is 92.7 cm³/mol. The van der Waals surface area contributed by atoms with Gasteiger partial charge in [0.25, 0.3) is 5.91 Å². The summed E-state index contributed by atoms with van der Waals surface area (Å²) in [5.74, 6) is -0.192. The Kier molecular flexibility index (Phi) is 5.65. The Hall–Kier alpha value is -2.57. The van der Waals surface area contributed by atoms with Gasteiger partial charge >= 0.3 is 0 Å². The highest BCUT2D eigenvalue weighted by Crippen LogP contribution is 2.15. The number of nitrogens with one attached hydrogen (secondary N) is 1. The maximum atomic E-state index is 12.3. The fraction of sp³-hybridized carbons (Fsp3) is 0.167. The quantitative estimate of drug-likeness (QED) is 0.718. The number of rotatable bonds is 7. The molecule has 1 N–H and O–H groups in total. The smallest absolute Gasteiger partial charge is 0.265 e. The lowest BCUT2D eigenvalue weighted by Gasteiger charge is -2.19. The lowest BCUT2D eigenvalue weighted by Crippen LogP contribution is -2.31. The normalized spacial score (nSPS) is 11.8. The maximum Gasteiger partial charge on any atom is 0.265 e. The molecule has 0 saturated heterocycles. The molecule has 0 aliphatic rings. The van der Waals surface area contributed by atoms with Crippen LogP contribution in [0.5, 0.6) is 0 Å². The number of aromatic nitrogens is 2. The van der Waals surface area contributed by atoms with Crippen LogP contribution in [0.4, 0.5) is 0 Å². The van der Waals surface area contributed by atoms with E-state index in [9.17, 15) is 4.79 Å². The first kappa shape index (κ1) is 16.3. The van der Waals surface area contributed by atoms with E-state index in [0.717, 1.165) is 22.7 Å². The summed E-state index contributed by atoms with van der Waals surface area (Å²) in [6.45, 7) is 0.888. The van der Waals surface area contributed by atoms with Gasteiger partial charge in [0.05, 0.1) is 25.5 Å². The second kappa shape index (κ2) is 8.33. The van der Waals surface area contributed by atoms with Gasteiger partial charge in [-0.05, 0) is 22.7 Å². The molecule has 1 aromatic heterocycles. The second-order valence-corrected chi connectivity index (χ2v) is 6.00. The highest BCUT2D eigenvalue weighted by atomic mass is 32.1. The third-order valence-electron chi connectivity index (χ3n) is 3.49. The van der Waals surface area contributed by atoms with Gasteiger partial charge in [0, 0.05) is 0 Å². The molecule has 0 spiro atoms. The van der Waals surface area contributed by atoms with E-state index in [1.807, 2.05) is 60.7 Å². The van der Waals surface area contributed by atoms with Crippen molar-refractivity contribution in [3.05, 3.63) is 82.9 Å². The largest absolute Gasteiger partial charge is 0.374 e. The number of hydrogen-bond acceptors (Lipinski definition) is 5. The van der Waals surface area contributed by atoms with Gasteiger partial charge in [-0.2, -0.15) is 0 Å². The zero-order valence-corrected chi connectivity index (χ0v) is 13.8. The lowest BCUT2D eigenvalue weighted by molar-refractivity contribution is 0.0799. The van der Waals surface area contributed by atoms with Gasteiger partial charge < -0.3 is 10.1 Å². The molecule has 0 unspecified atom stereocenters. The van der Waals surface area contributed by atoms with E-state index in [-0.39, 0.29) is 11.9 Å². The number of benzene rings is 2. The number of carbonyl (C=O) groups excluding carboxylic acids is 1. The fourth-order valence-electron chi connectivity index (χ4n) is 2.27. The Balaban J connectivity index is 1.65. The van der Waals surface area contributed by atoms with Crippen molar-refractivity contribution in [2.45, 2.75) is 12.6 Å². The van der Waals surface area contributed by atoms with Crippen molar-refractivity contribution in [2.75, 3.05) is 6.61 Å². The molecule has 0 radical (unpaired) electrons. The van der Waals surface area contributed by atoms with E-state index in [1.54, 1.807) is 0 Å². The zero-order chi connectivity index (χ0) is 16.6. The van der Waals surface area contributed by atoms with Gasteiger partial charge in [-0.3, -0.25) is 4.79 Å². The fourth-order valence-corrected chi connectivity index (χ4v) is 2.69. The molecule has 1 atom stereocenters. The summed E-state index contributed by atoms with van der Waals surface area (Å²) < 4.78 is 9.54. The third kappa shape index (κ3) is 4.47. The van der Waals surface area contributed by atoms with Crippen molar-refractivity contribution in [3.63, 3.8) is 0 Å². The van der Waals surface area contributed by atoms with Crippen LogP contribution in [0.3, 0.4) is 0 Å². The number of hydrogen-bond donors (Lipinski definition) is 1. The first-order chi connectivity index (χ1) is 11.8. The Bertz CT molecular complexity index is 748. The first-order valence-corrected chi connectivity index (χ1v) is 8.35. The van der Waals surface area contributed by atoms with Gasteiger partial charge in [-0.25, -0.2) is 0 Å². The predicted octanol–water partition coefficient (Wildman–Crippen LogP) is 3.23. The van der Waals surface area contributed by atoms with Crippen LogP contribution >= 0.6 is 11.5 Å². The van der Waals surface area contributed by atoms with Crippen LogP contribution in [0, 0.1) is 0 Å². The highest BCUT2D eigenvalue weighted by Gasteiger charge is 2.17. The topological polar surface area (TPSA) is 64.1 Å². The van der Waals surface area contributed by atoms with E-state index in [1.165, 1.54) is 6.20 Å². The molecule has 0 bridgehead atoms. The van der Waals surface area contributed by atoms with E-state index in [2.05, 4.69) is 14.9 Å². The third-order valence-corrected chi connectivity index (χ3v) is 4.15. The minimum Gasteiger partial charge on any atom is -0.374 e. The first-order valence-electron chi connectivity index (χ1n) is 7.58. The average molecular weight is 339 g/mol. The van der Waals surface area contributed by atoms with Gasteiger partial charge in [-0.1, -0.05) is 65.2 Å². The Labute approximate surface area is 144 Å². The summed E-state index contributed by atoms with van der Waals surface area (Å²) in [5.41, 5.74) is 2.10. The van der Waals surface area contributed by atoms with Crippen molar-refractivity contribution in [3.8, 4) is 0 Å². The SMILES string of the molecule is O=C(N[C@@H](COCc1ccccc1)c1ccccc1)c1cnns1. The number of amides is 1. The summed E-state index contributed by atoms with van der Waals surface area (Å²) in [5, 5.41) is 6.69. The molecule has 5 nitrogen and oxygen atoms in total. The van der Waals surface area contributed by atoms with Gasteiger partial charge in [0.2, 0.25) is 0 Å². The summed E-state index contributed by atoms with van der Waals surface area (Å²) >= 11 is 1.07. The molecule has 3 aromatic rings. The molecule has 2 aromatic carbocycles. The molecule has 1 heterocycles. The van der Waals surface area contributed by atoms with Gasteiger partial charge in [0.1, 0.15) is 4.88 Å². The van der Waals surface area contributed by atoms with E-state index in [4.69, 9.17) is 4.74 Å². The Morgan fingerprint density at radius 1 is 1.08 bits per heavy atom. The Morgan fingerprint density at radius 3 is 2.46 bits per heavy atom. The van der Waals surface area contributed by atoms with Gasteiger partial charge in [0.15, 0.2) is 0 Å². The van der Waals surface area contributed by atoms with Crippen LogP contribution < -0.4 is 5.32 Å². The molecule has 1 amide bonds. The monoisotopic (exact) mass is 339 g/mol. The van der Waals surface area contributed by atoms with E-state index < -0.39 is 0 Å². The van der Waals surface area contributed by atoms with Crippen molar-refractivity contribution in [1.82, 2.24) is 14.9 Å². The summed E-state index contributed by atoms with van der Waals surface area (Å²) in [6, 6.07) is 19.5. The van der Waals surface area contributed by atoms with E-state index >= 15 is 0 Å². The lowest BCUT2D eigenvalue weighted by atomic mass is 10.1. The Morgan fingerprint density at radius 2 is 1.79 bits per heavy atom. The van der Waals surface area contributed by atoms with E-state index in [0.29, 0.717) is 18.1 Å². The number of carbonyl (C=O) groups is 1. The van der Waals surface area contributed by atoms with Crippen molar-refractivity contribution < 1.29 is 9.53 Å². The highest BCUT2D eigenvalue weighted by molar-refractivity contribution is 7.07.